The molecule has 0 heterocycles. The molecule has 114 valence electrons. The Morgan fingerprint density at radius 2 is 1.91 bits per heavy atom. The number of benzene rings is 2. The summed E-state index contributed by atoms with van der Waals surface area (Å²) in [5.74, 6) is -0.272. The predicted molar refractivity (Wildman–Crippen MR) is 84.9 cm³/mol. The highest BCUT2D eigenvalue weighted by atomic mass is 35.5. The van der Waals surface area contributed by atoms with Gasteiger partial charge < -0.3 is 10.6 Å². The molecule has 0 fully saturated rings. The van der Waals surface area contributed by atoms with Crippen LogP contribution in [0.2, 0.25) is 5.02 Å². The molecule has 0 unspecified atom stereocenters. The average Bonchev–Trinajstić information content (AvgIpc) is 2.50. The number of halogens is 1. The zero-order chi connectivity index (χ0) is 15.9. The molecular weight excluding hydrogens is 306 g/mol. The van der Waals surface area contributed by atoms with Crippen molar-refractivity contribution in [3.05, 3.63) is 69.2 Å². The molecule has 22 heavy (non-hydrogen) atoms. The minimum Gasteiger partial charge on any atom is -0.324 e. The molecule has 0 saturated carbocycles. The number of carbonyl (C=O) groups is 1. The molecule has 2 N–H and O–H groups in total. The van der Waals surface area contributed by atoms with E-state index in [2.05, 4.69) is 10.6 Å². The molecule has 0 bridgehead atoms. The maximum absolute atomic E-state index is 11.8. The van der Waals surface area contributed by atoms with Crippen LogP contribution in [0, 0.1) is 10.1 Å². The number of nitrogens with zero attached hydrogens (tertiary/aromatic N) is 1. The molecule has 0 spiro atoms. The first-order valence-electron chi connectivity index (χ1n) is 6.54. The van der Waals surface area contributed by atoms with E-state index in [4.69, 9.17) is 11.6 Å². The van der Waals surface area contributed by atoms with E-state index >= 15 is 0 Å². The fourth-order valence-electron chi connectivity index (χ4n) is 1.83. The van der Waals surface area contributed by atoms with Gasteiger partial charge in [0.15, 0.2) is 0 Å². The monoisotopic (exact) mass is 319 g/mol. The number of hydrogen-bond donors (Lipinski definition) is 2. The molecule has 0 radical (unpaired) electrons. The molecule has 7 heteroatoms. The predicted octanol–water partition coefficient (Wildman–Crippen LogP) is 2.98. The minimum atomic E-state index is -0.543. The lowest BCUT2D eigenvalue weighted by Crippen LogP contribution is -2.27. The summed E-state index contributed by atoms with van der Waals surface area (Å²) in [7, 11) is 0. The number of non-ortho nitro benzene ring substituents is 1. The fraction of sp³-hybridized carbons (Fsp3) is 0.133. The second-order valence-corrected chi connectivity index (χ2v) is 4.97. The van der Waals surface area contributed by atoms with E-state index in [-0.39, 0.29) is 23.2 Å². The van der Waals surface area contributed by atoms with E-state index in [0.29, 0.717) is 12.2 Å². The zero-order valence-electron chi connectivity index (χ0n) is 11.6. The first kappa shape index (κ1) is 15.9. The molecule has 0 aliphatic carbocycles. The summed E-state index contributed by atoms with van der Waals surface area (Å²) in [4.78, 5) is 21.9. The average molecular weight is 320 g/mol. The summed E-state index contributed by atoms with van der Waals surface area (Å²) in [6.07, 6.45) is 0. The highest BCUT2D eigenvalue weighted by Gasteiger charge is 2.11. The number of hydrogen-bond acceptors (Lipinski definition) is 4. The summed E-state index contributed by atoms with van der Waals surface area (Å²) >= 11 is 5.91. The normalized spacial score (nSPS) is 10.2. The van der Waals surface area contributed by atoms with Gasteiger partial charge in [0, 0.05) is 18.7 Å². The third-order valence-corrected chi connectivity index (χ3v) is 3.21. The summed E-state index contributed by atoms with van der Waals surface area (Å²) in [5.41, 5.74) is 1.30. The minimum absolute atomic E-state index is 0.113. The number of nitro benzene ring substituents is 1. The van der Waals surface area contributed by atoms with Gasteiger partial charge in [-0.3, -0.25) is 14.9 Å². The van der Waals surface area contributed by atoms with Crippen molar-refractivity contribution in [3.8, 4) is 0 Å². The van der Waals surface area contributed by atoms with Gasteiger partial charge in [-0.25, -0.2) is 0 Å². The molecule has 0 aromatic heterocycles. The standard InChI is InChI=1S/C15H14ClN3O3/c16-13-8-12(19(21)22)6-7-14(13)18-15(20)10-17-9-11-4-2-1-3-5-11/h1-8,17H,9-10H2,(H,18,20). The van der Waals surface area contributed by atoms with Gasteiger partial charge in [0.25, 0.3) is 5.69 Å². The quantitative estimate of drug-likeness (QED) is 0.633. The molecule has 1 amide bonds. The van der Waals surface area contributed by atoms with Crippen molar-refractivity contribution in [1.82, 2.24) is 5.32 Å². The van der Waals surface area contributed by atoms with Crippen LogP contribution in [0.4, 0.5) is 11.4 Å². The number of nitrogens with one attached hydrogen (secondary N) is 2. The largest absolute Gasteiger partial charge is 0.324 e. The van der Waals surface area contributed by atoms with Gasteiger partial charge in [0.1, 0.15) is 0 Å². The van der Waals surface area contributed by atoms with Crippen LogP contribution >= 0.6 is 11.6 Å². The van der Waals surface area contributed by atoms with Crippen LogP contribution in [0.15, 0.2) is 48.5 Å². The van der Waals surface area contributed by atoms with Gasteiger partial charge in [-0.05, 0) is 11.6 Å². The molecule has 2 rings (SSSR count). The number of carbonyl (C=O) groups excluding carboxylic acids is 1. The first-order chi connectivity index (χ1) is 10.6. The second-order valence-electron chi connectivity index (χ2n) is 4.56. The topological polar surface area (TPSA) is 84.3 Å². The van der Waals surface area contributed by atoms with Crippen LogP contribution in [0.5, 0.6) is 0 Å². The molecule has 0 aliphatic heterocycles. The van der Waals surface area contributed by atoms with Crippen LogP contribution in [-0.4, -0.2) is 17.4 Å². The second kappa shape index (κ2) is 7.53. The van der Waals surface area contributed by atoms with Crippen LogP contribution in [0.3, 0.4) is 0 Å². The lowest BCUT2D eigenvalue weighted by molar-refractivity contribution is -0.384. The van der Waals surface area contributed by atoms with Crippen LogP contribution < -0.4 is 10.6 Å². The Bertz CT molecular complexity index is 677. The number of nitro groups is 1. The van der Waals surface area contributed by atoms with E-state index < -0.39 is 4.92 Å². The number of rotatable bonds is 6. The molecule has 2 aromatic rings. The summed E-state index contributed by atoms with van der Waals surface area (Å²) < 4.78 is 0. The lowest BCUT2D eigenvalue weighted by atomic mass is 10.2. The fourth-order valence-corrected chi connectivity index (χ4v) is 2.05. The van der Waals surface area contributed by atoms with Crippen molar-refractivity contribution >= 4 is 28.9 Å². The van der Waals surface area contributed by atoms with Crippen LogP contribution in [0.25, 0.3) is 0 Å². The van der Waals surface area contributed by atoms with Gasteiger partial charge in [-0.2, -0.15) is 0 Å². The Morgan fingerprint density at radius 1 is 1.18 bits per heavy atom. The Morgan fingerprint density at radius 3 is 2.55 bits per heavy atom. The van der Waals surface area contributed by atoms with Gasteiger partial charge in [0.2, 0.25) is 5.91 Å². The maximum Gasteiger partial charge on any atom is 0.271 e. The SMILES string of the molecule is O=C(CNCc1ccccc1)Nc1ccc([N+](=O)[O-])cc1Cl. The third-order valence-electron chi connectivity index (χ3n) is 2.90. The highest BCUT2D eigenvalue weighted by Crippen LogP contribution is 2.26. The molecule has 6 nitrogen and oxygen atoms in total. The van der Waals surface area contributed by atoms with Gasteiger partial charge >= 0.3 is 0 Å². The highest BCUT2D eigenvalue weighted by molar-refractivity contribution is 6.34. The number of amides is 1. The molecule has 0 aliphatic rings. The lowest BCUT2D eigenvalue weighted by Gasteiger charge is -2.08. The molecular formula is C15H14ClN3O3. The van der Waals surface area contributed by atoms with Crippen molar-refractivity contribution in [2.45, 2.75) is 6.54 Å². The van der Waals surface area contributed by atoms with E-state index in [1.807, 2.05) is 30.3 Å². The van der Waals surface area contributed by atoms with Crippen molar-refractivity contribution in [2.24, 2.45) is 0 Å². The zero-order valence-corrected chi connectivity index (χ0v) is 12.3. The summed E-state index contributed by atoms with van der Waals surface area (Å²) in [6, 6.07) is 13.6. The van der Waals surface area contributed by atoms with Gasteiger partial charge in [0.05, 0.1) is 22.2 Å². The number of anilines is 1. The van der Waals surface area contributed by atoms with Gasteiger partial charge in [-0.1, -0.05) is 41.9 Å². The van der Waals surface area contributed by atoms with Crippen molar-refractivity contribution in [3.63, 3.8) is 0 Å². The Labute approximate surface area is 132 Å². The summed E-state index contributed by atoms with van der Waals surface area (Å²) in [6.45, 7) is 0.685. The van der Waals surface area contributed by atoms with E-state index in [1.54, 1.807) is 0 Å². The van der Waals surface area contributed by atoms with Crippen molar-refractivity contribution in [2.75, 3.05) is 11.9 Å². The Hall–Kier alpha value is -2.44. The molecule has 0 saturated heterocycles. The smallest absolute Gasteiger partial charge is 0.271 e. The van der Waals surface area contributed by atoms with Crippen LogP contribution in [0.1, 0.15) is 5.56 Å². The van der Waals surface area contributed by atoms with E-state index in [0.717, 1.165) is 5.56 Å². The first-order valence-corrected chi connectivity index (χ1v) is 6.92. The third kappa shape index (κ3) is 4.54. The Balaban J connectivity index is 1.85. The summed E-state index contributed by atoms with van der Waals surface area (Å²) in [5, 5.41) is 16.4. The maximum atomic E-state index is 11.8. The van der Waals surface area contributed by atoms with Crippen LogP contribution in [-0.2, 0) is 11.3 Å². The Kier molecular flexibility index (Phi) is 5.46. The van der Waals surface area contributed by atoms with E-state index in [1.165, 1.54) is 18.2 Å². The van der Waals surface area contributed by atoms with E-state index in [9.17, 15) is 14.9 Å². The van der Waals surface area contributed by atoms with Gasteiger partial charge in [-0.15, -0.1) is 0 Å². The molecule has 0 atom stereocenters. The van der Waals surface area contributed by atoms with Crippen molar-refractivity contribution < 1.29 is 9.72 Å². The van der Waals surface area contributed by atoms with Crippen molar-refractivity contribution in [1.29, 1.82) is 0 Å². The molecule has 2 aromatic carbocycles.